The van der Waals surface area contributed by atoms with Crippen molar-refractivity contribution in [1.29, 1.82) is 0 Å². The molecule has 1 N–H and O–H groups in total. The third-order valence-corrected chi connectivity index (χ3v) is 3.73. The van der Waals surface area contributed by atoms with Gasteiger partial charge in [-0.25, -0.2) is 0 Å². The van der Waals surface area contributed by atoms with Crippen LogP contribution in [0.4, 0.5) is 0 Å². The highest BCUT2D eigenvalue weighted by molar-refractivity contribution is 7.12. The van der Waals surface area contributed by atoms with E-state index in [1.165, 1.54) is 15.3 Å². The van der Waals surface area contributed by atoms with Crippen molar-refractivity contribution in [1.82, 2.24) is 5.32 Å². The first-order chi connectivity index (χ1) is 7.56. The molecule has 0 aliphatic heterocycles. The van der Waals surface area contributed by atoms with Crippen molar-refractivity contribution >= 4 is 11.3 Å². The summed E-state index contributed by atoms with van der Waals surface area (Å²) < 4.78 is 5.08. The highest BCUT2D eigenvalue weighted by atomic mass is 32.1. The number of methoxy groups -OCH3 is 1. The first-order valence-electron chi connectivity index (χ1n) is 5.85. The minimum atomic E-state index is 0.445. The molecule has 1 unspecified atom stereocenters. The van der Waals surface area contributed by atoms with E-state index in [0.717, 1.165) is 13.2 Å². The van der Waals surface area contributed by atoms with Gasteiger partial charge in [-0.2, -0.15) is 0 Å². The largest absolute Gasteiger partial charge is 0.383 e. The molecule has 0 bridgehead atoms. The van der Waals surface area contributed by atoms with Gasteiger partial charge >= 0.3 is 0 Å². The second kappa shape index (κ2) is 6.38. The van der Waals surface area contributed by atoms with Gasteiger partial charge in [-0.3, -0.25) is 0 Å². The fraction of sp³-hybridized carbons (Fsp3) is 0.692. The lowest BCUT2D eigenvalue weighted by atomic mass is 9.96. The third kappa shape index (κ3) is 3.58. The molecule has 0 spiro atoms. The van der Waals surface area contributed by atoms with Crippen LogP contribution in [0, 0.1) is 19.8 Å². The summed E-state index contributed by atoms with van der Waals surface area (Å²) >= 11 is 1.88. The molecule has 16 heavy (non-hydrogen) atoms. The van der Waals surface area contributed by atoms with E-state index in [2.05, 4.69) is 39.1 Å². The minimum absolute atomic E-state index is 0.445. The van der Waals surface area contributed by atoms with Gasteiger partial charge in [-0.1, -0.05) is 13.8 Å². The summed E-state index contributed by atoms with van der Waals surface area (Å²) in [5.74, 6) is 0.601. The number of thiophene rings is 1. The van der Waals surface area contributed by atoms with Gasteiger partial charge in [0.05, 0.1) is 6.61 Å². The van der Waals surface area contributed by atoms with Crippen LogP contribution in [0.15, 0.2) is 6.07 Å². The van der Waals surface area contributed by atoms with Crippen LogP contribution < -0.4 is 5.32 Å². The van der Waals surface area contributed by atoms with Gasteiger partial charge in [-0.05, 0) is 31.4 Å². The maximum absolute atomic E-state index is 5.08. The van der Waals surface area contributed by atoms with Crippen molar-refractivity contribution < 1.29 is 4.74 Å². The van der Waals surface area contributed by atoms with E-state index >= 15 is 0 Å². The molecule has 1 atom stereocenters. The van der Waals surface area contributed by atoms with Crippen molar-refractivity contribution in [2.45, 2.75) is 33.7 Å². The molecule has 1 rings (SSSR count). The van der Waals surface area contributed by atoms with E-state index in [1.54, 1.807) is 7.11 Å². The zero-order valence-electron chi connectivity index (χ0n) is 11.0. The van der Waals surface area contributed by atoms with Crippen LogP contribution >= 0.6 is 11.3 Å². The summed E-state index contributed by atoms with van der Waals surface area (Å²) in [6.07, 6.45) is 0. The Morgan fingerprint density at radius 2 is 2.06 bits per heavy atom. The predicted octanol–water partition coefficient (Wildman–Crippen LogP) is 3.30. The van der Waals surface area contributed by atoms with Crippen LogP contribution in [0.25, 0.3) is 0 Å². The molecule has 0 saturated heterocycles. The van der Waals surface area contributed by atoms with E-state index in [9.17, 15) is 0 Å². The lowest BCUT2D eigenvalue weighted by Gasteiger charge is -2.22. The Kier molecular flexibility index (Phi) is 5.46. The van der Waals surface area contributed by atoms with Gasteiger partial charge in [0.15, 0.2) is 0 Å². The van der Waals surface area contributed by atoms with Gasteiger partial charge in [0.1, 0.15) is 0 Å². The molecule has 0 amide bonds. The number of ether oxygens (including phenoxy) is 1. The molecule has 0 aliphatic carbocycles. The molecule has 0 fully saturated rings. The molecule has 1 aromatic heterocycles. The lowest BCUT2D eigenvalue weighted by Crippen LogP contribution is -2.28. The van der Waals surface area contributed by atoms with Crippen LogP contribution in [-0.4, -0.2) is 20.3 Å². The first kappa shape index (κ1) is 13.7. The predicted molar refractivity (Wildman–Crippen MR) is 71.3 cm³/mol. The van der Waals surface area contributed by atoms with Crippen molar-refractivity contribution in [2.24, 2.45) is 5.92 Å². The number of hydrogen-bond donors (Lipinski definition) is 1. The van der Waals surface area contributed by atoms with Gasteiger partial charge in [-0.15, -0.1) is 11.3 Å². The highest BCUT2D eigenvalue weighted by Crippen LogP contribution is 2.30. The topological polar surface area (TPSA) is 21.3 Å². The highest BCUT2D eigenvalue weighted by Gasteiger charge is 2.18. The summed E-state index contributed by atoms with van der Waals surface area (Å²) in [7, 11) is 1.74. The fourth-order valence-corrected chi connectivity index (χ4v) is 2.95. The average Bonchev–Trinajstić information content (AvgIpc) is 2.52. The summed E-state index contributed by atoms with van der Waals surface area (Å²) in [5, 5.41) is 3.57. The molecule has 1 aromatic rings. The van der Waals surface area contributed by atoms with Crippen LogP contribution in [-0.2, 0) is 4.74 Å². The fourth-order valence-electron chi connectivity index (χ4n) is 1.98. The second-order valence-corrected chi connectivity index (χ2v) is 6.00. The molecular formula is C13H23NOS. The second-order valence-electron chi connectivity index (χ2n) is 4.54. The SMILES string of the molecule is COCCNC(c1cc(C)sc1C)C(C)C. The quantitative estimate of drug-likeness (QED) is 0.772. The van der Waals surface area contributed by atoms with Gasteiger partial charge in [0.25, 0.3) is 0 Å². The minimum Gasteiger partial charge on any atom is -0.383 e. The molecule has 0 aliphatic rings. The maximum Gasteiger partial charge on any atom is 0.0587 e. The molecule has 92 valence electrons. The van der Waals surface area contributed by atoms with Crippen molar-refractivity contribution in [2.75, 3.05) is 20.3 Å². The Balaban J connectivity index is 2.73. The molecule has 1 heterocycles. The number of nitrogens with one attached hydrogen (secondary N) is 1. The van der Waals surface area contributed by atoms with Crippen LogP contribution in [0.5, 0.6) is 0 Å². The first-order valence-corrected chi connectivity index (χ1v) is 6.67. The van der Waals surface area contributed by atoms with Gasteiger partial charge in [0.2, 0.25) is 0 Å². The van der Waals surface area contributed by atoms with E-state index in [4.69, 9.17) is 4.74 Å². The van der Waals surface area contributed by atoms with Gasteiger partial charge in [0, 0.05) is 29.5 Å². The van der Waals surface area contributed by atoms with Crippen molar-refractivity contribution in [3.63, 3.8) is 0 Å². The Bertz CT molecular complexity index is 320. The number of rotatable bonds is 6. The zero-order chi connectivity index (χ0) is 12.1. The van der Waals surface area contributed by atoms with E-state index in [0.29, 0.717) is 12.0 Å². The summed E-state index contributed by atoms with van der Waals surface area (Å²) in [6.45, 7) is 10.6. The number of hydrogen-bond acceptors (Lipinski definition) is 3. The molecule has 0 saturated carbocycles. The van der Waals surface area contributed by atoms with Gasteiger partial charge < -0.3 is 10.1 Å². The van der Waals surface area contributed by atoms with E-state index < -0.39 is 0 Å². The Morgan fingerprint density at radius 3 is 2.50 bits per heavy atom. The summed E-state index contributed by atoms with van der Waals surface area (Å²) in [6, 6.07) is 2.75. The normalized spacial score (nSPS) is 13.4. The third-order valence-electron chi connectivity index (χ3n) is 2.75. The number of aryl methyl sites for hydroxylation is 2. The average molecular weight is 241 g/mol. The van der Waals surface area contributed by atoms with Crippen molar-refractivity contribution in [3.05, 3.63) is 21.4 Å². The molecule has 0 radical (unpaired) electrons. The zero-order valence-corrected chi connectivity index (χ0v) is 11.8. The summed E-state index contributed by atoms with van der Waals surface area (Å²) in [4.78, 5) is 2.83. The van der Waals surface area contributed by atoms with Crippen LogP contribution in [0.1, 0.15) is 35.2 Å². The summed E-state index contributed by atoms with van der Waals surface area (Å²) in [5.41, 5.74) is 1.45. The van der Waals surface area contributed by atoms with Crippen molar-refractivity contribution in [3.8, 4) is 0 Å². The molecule has 2 nitrogen and oxygen atoms in total. The molecule has 3 heteroatoms. The lowest BCUT2D eigenvalue weighted by molar-refractivity contribution is 0.192. The Hall–Kier alpha value is -0.380. The smallest absolute Gasteiger partial charge is 0.0587 e. The standard InChI is InChI=1S/C13H23NOS/c1-9(2)13(14-6-7-15-5)12-8-10(3)16-11(12)4/h8-9,13-14H,6-7H2,1-5H3. The Labute approximate surface area is 103 Å². The maximum atomic E-state index is 5.08. The molecule has 0 aromatic carbocycles. The molecular weight excluding hydrogens is 218 g/mol. The van der Waals surface area contributed by atoms with Crippen LogP contribution in [0.3, 0.4) is 0 Å². The Morgan fingerprint density at radius 1 is 1.38 bits per heavy atom. The van der Waals surface area contributed by atoms with E-state index in [-0.39, 0.29) is 0 Å². The monoisotopic (exact) mass is 241 g/mol. The van der Waals surface area contributed by atoms with Crippen LogP contribution in [0.2, 0.25) is 0 Å². The van der Waals surface area contributed by atoms with E-state index in [1.807, 2.05) is 11.3 Å².